The van der Waals surface area contributed by atoms with Gasteiger partial charge in [0.2, 0.25) is 0 Å². The van der Waals surface area contributed by atoms with Gasteiger partial charge in [0.05, 0.1) is 12.1 Å². The zero-order valence-electron chi connectivity index (χ0n) is 20.7. The second-order valence-corrected chi connectivity index (χ2v) is 11.6. The van der Waals surface area contributed by atoms with E-state index in [9.17, 15) is 14.7 Å². The van der Waals surface area contributed by atoms with E-state index in [-0.39, 0.29) is 18.2 Å². The topological polar surface area (TPSA) is 71.8 Å². The maximum Gasteiger partial charge on any atom is 0.410 e. The van der Waals surface area contributed by atoms with Crippen molar-refractivity contribution in [2.75, 3.05) is 19.3 Å². The number of ether oxygens (including phenoxy) is 1. The van der Waals surface area contributed by atoms with Crippen LogP contribution in [-0.2, 0) is 11.3 Å². The zero-order chi connectivity index (χ0) is 24.6. The molecule has 1 aliphatic heterocycles. The number of carbonyl (C=O) groups is 1. The lowest BCUT2D eigenvalue weighted by atomic mass is 9.66. The van der Waals surface area contributed by atoms with E-state index >= 15 is 0 Å². The molecule has 0 radical (unpaired) electrons. The molecule has 2 aliphatic rings. The van der Waals surface area contributed by atoms with Gasteiger partial charge in [-0.15, -0.1) is 11.8 Å². The maximum atomic E-state index is 13.2. The van der Waals surface area contributed by atoms with E-state index in [2.05, 4.69) is 0 Å². The molecule has 1 atom stereocenters. The van der Waals surface area contributed by atoms with Crippen LogP contribution in [0.25, 0.3) is 11.1 Å². The van der Waals surface area contributed by atoms with Crippen LogP contribution in [0.5, 0.6) is 0 Å². The second kappa shape index (κ2) is 9.42. The van der Waals surface area contributed by atoms with Gasteiger partial charge < -0.3 is 19.3 Å². The van der Waals surface area contributed by atoms with Crippen LogP contribution in [0.4, 0.5) is 4.79 Å². The van der Waals surface area contributed by atoms with Crippen LogP contribution in [0.15, 0.2) is 52.3 Å². The predicted octanol–water partition coefficient (Wildman–Crippen LogP) is 5.17. The molecule has 6 nitrogen and oxygen atoms in total. The summed E-state index contributed by atoms with van der Waals surface area (Å²) in [6.45, 7) is 6.71. The molecule has 2 fully saturated rings. The molecule has 4 rings (SSSR count). The number of carbonyl (C=O) groups excluding carboxylic acids is 1. The molecule has 2 aromatic rings. The Labute approximate surface area is 206 Å². The third kappa shape index (κ3) is 4.91. The number of pyridine rings is 1. The zero-order valence-corrected chi connectivity index (χ0v) is 21.5. The van der Waals surface area contributed by atoms with Crippen LogP contribution in [0, 0.1) is 5.41 Å². The highest BCUT2D eigenvalue weighted by Crippen LogP contribution is 2.51. The molecule has 2 heterocycles. The van der Waals surface area contributed by atoms with Crippen molar-refractivity contribution in [1.29, 1.82) is 0 Å². The van der Waals surface area contributed by atoms with Crippen molar-refractivity contribution in [2.24, 2.45) is 5.41 Å². The highest BCUT2D eigenvalue weighted by Gasteiger charge is 2.56. The summed E-state index contributed by atoms with van der Waals surface area (Å²) in [5, 5.41) is 12.0. The minimum atomic E-state index is -1.06. The van der Waals surface area contributed by atoms with E-state index in [1.54, 1.807) is 27.3 Å². The Kier molecular flexibility index (Phi) is 6.89. The number of benzene rings is 1. The van der Waals surface area contributed by atoms with Crippen molar-refractivity contribution >= 4 is 17.9 Å². The minimum absolute atomic E-state index is 0.118. The number of rotatable bonds is 4. The van der Waals surface area contributed by atoms with Gasteiger partial charge in [0.1, 0.15) is 5.60 Å². The first-order valence-electron chi connectivity index (χ1n) is 12.1. The smallest absolute Gasteiger partial charge is 0.410 e. The molecule has 1 saturated heterocycles. The van der Waals surface area contributed by atoms with Crippen LogP contribution in [-0.4, -0.2) is 51.2 Å². The van der Waals surface area contributed by atoms with Crippen molar-refractivity contribution in [3.63, 3.8) is 0 Å². The number of likely N-dealkylation sites (tertiary alicyclic amines) is 1. The number of thioether (sulfide) groups is 1. The summed E-state index contributed by atoms with van der Waals surface area (Å²) >= 11 is 1.60. The number of piperidine rings is 1. The van der Waals surface area contributed by atoms with Gasteiger partial charge in [-0.3, -0.25) is 4.79 Å². The van der Waals surface area contributed by atoms with Crippen LogP contribution in [0.2, 0.25) is 0 Å². The van der Waals surface area contributed by atoms with E-state index in [0.717, 1.165) is 41.7 Å². The summed E-state index contributed by atoms with van der Waals surface area (Å²) in [5.41, 5.74) is -0.248. The number of hydrogen-bond acceptors (Lipinski definition) is 5. The van der Waals surface area contributed by atoms with Crippen molar-refractivity contribution in [2.45, 2.75) is 75.5 Å². The van der Waals surface area contributed by atoms with E-state index < -0.39 is 16.6 Å². The third-order valence-electron chi connectivity index (χ3n) is 7.31. The Balaban J connectivity index is 1.63. The highest BCUT2D eigenvalue weighted by molar-refractivity contribution is 7.98. The number of hydrogen-bond donors (Lipinski definition) is 1. The van der Waals surface area contributed by atoms with Gasteiger partial charge in [-0.05, 0) is 51.9 Å². The fourth-order valence-electron chi connectivity index (χ4n) is 5.54. The number of nitrogens with zero attached hydrogens (tertiary/aromatic N) is 2. The Morgan fingerprint density at radius 2 is 1.82 bits per heavy atom. The van der Waals surface area contributed by atoms with Crippen molar-refractivity contribution in [3.8, 4) is 11.1 Å². The summed E-state index contributed by atoms with van der Waals surface area (Å²) < 4.78 is 7.29. The monoisotopic (exact) mass is 484 g/mol. The van der Waals surface area contributed by atoms with Gasteiger partial charge in [-0.2, -0.15) is 0 Å². The molecular weight excluding hydrogens is 448 g/mol. The standard InChI is InChI=1S/C27H36N2O4S/c1-25(2,3)33-24(31)28-15-14-27(32,26(18-28)12-8-9-13-26)19-29-17-22(34-4)21(16-23(29)30)20-10-6-5-7-11-20/h5-7,10-11,16-17,32H,8-9,12-15,18-19H2,1-4H3. The molecule has 1 aromatic carbocycles. The van der Waals surface area contributed by atoms with E-state index in [1.165, 1.54) is 0 Å². The van der Waals surface area contributed by atoms with Gasteiger partial charge >= 0.3 is 6.09 Å². The van der Waals surface area contributed by atoms with Crippen molar-refractivity contribution in [3.05, 3.63) is 52.9 Å². The Hall–Kier alpha value is -2.25. The second-order valence-electron chi connectivity index (χ2n) is 10.8. The van der Waals surface area contributed by atoms with Gasteiger partial charge in [0, 0.05) is 41.2 Å². The Bertz CT molecular complexity index is 1090. The number of amides is 1. The molecule has 0 bridgehead atoms. The maximum absolute atomic E-state index is 13.2. The van der Waals surface area contributed by atoms with Gasteiger partial charge in [0.25, 0.3) is 5.56 Å². The van der Waals surface area contributed by atoms with E-state index in [0.29, 0.717) is 19.5 Å². The first kappa shape index (κ1) is 24.9. The van der Waals surface area contributed by atoms with Crippen molar-refractivity contribution < 1.29 is 14.6 Å². The molecule has 34 heavy (non-hydrogen) atoms. The van der Waals surface area contributed by atoms with E-state index in [1.807, 2.05) is 63.6 Å². The first-order valence-corrected chi connectivity index (χ1v) is 13.3. The third-order valence-corrected chi connectivity index (χ3v) is 8.08. The molecule has 7 heteroatoms. The Morgan fingerprint density at radius 3 is 2.44 bits per heavy atom. The number of aliphatic hydroxyl groups is 1. The van der Waals surface area contributed by atoms with Gasteiger partial charge in [-0.25, -0.2) is 4.79 Å². The lowest BCUT2D eigenvalue weighted by molar-refractivity contribution is -0.140. The van der Waals surface area contributed by atoms with Gasteiger partial charge in [0.15, 0.2) is 0 Å². The summed E-state index contributed by atoms with van der Waals surface area (Å²) in [6, 6.07) is 11.6. The lowest BCUT2D eigenvalue weighted by Gasteiger charge is -2.52. The predicted molar refractivity (Wildman–Crippen MR) is 136 cm³/mol. The molecular formula is C27H36N2O4S. The van der Waals surface area contributed by atoms with Crippen LogP contribution < -0.4 is 5.56 Å². The molecule has 1 saturated carbocycles. The number of aromatic nitrogens is 1. The first-order chi connectivity index (χ1) is 16.1. The Morgan fingerprint density at radius 1 is 1.15 bits per heavy atom. The quantitative estimate of drug-likeness (QED) is 0.606. The summed E-state index contributed by atoms with van der Waals surface area (Å²) in [5.74, 6) is 0. The van der Waals surface area contributed by atoms with Crippen molar-refractivity contribution in [1.82, 2.24) is 9.47 Å². The molecule has 1 aromatic heterocycles. The summed E-state index contributed by atoms with van der Waals surface area (Å²) in [7, 11) is 0. The highest BCUT2D eigenvalue weighted by atomic mass is 32.2. The minimum Gasteiger partial charge on any atom is -0.444 e. The average molecular weight is 485 g/mol. The average Bonchev–Trinajstić information content (AvgIpc) is 3.26. The normalized spacial score (nSPS) is 22.2. The van der Waals surface area contributed by atoms with Crippen LogP contribution >= 0.6 is 11.8 Å². The SMILES string of the molecule is CSc1cn(CC2(O)CCN(C(=O)OC(C)(C)C)CC23CCCC3)c(=O)cc1-c1ccccc1. The lowest BCUT2D eigenvalue weighted by Crippen LogP contribution is -2.62. The van der Waals surface area contributed by atoms with Gasteiger partial charge in [-0.1, -0.05) is 43.2 Å². The molecule has 1 N–H and O–H groups in total. The van der Waals surface area contributed by atoms with Crippen LogP contribution in [0.3, 0.4) is 0 Å². The molecule has 184 valence electrons. The molecule has 1 spiro atoms. The molecule has 1 amide bonds. The molecule has 1 unspecified atom stereocenters. The fourth-order valence-corrected chi connectivity index (χ4v) is 6.17. The summed E-state index contributed by atoms with van der Waals surface area (Å²) in [4.78, 5) is 28.7. The van der Waals surface area contributed by atoms with Crippen LogP contribution in [0.1, 0.15) is 52.9 Å². The van der Waals surface area contributed by atoms with E-state index in [4.69, 9.17) is 4.74 Å². The largest absolute Gasteiger partial charge is 0.444 e. The summed E-state index contributed by atoms with van der Waals surface area (Å²) in [6.07, 6.45) is 7.71. The molecule has 1 aliphatic carbocycles. The fraction of sp³-hybridized carbons (Fsp3) is 0.556.